The number of carbonyl (C=O) groups is 2. The van der Waals surface area contributed by atoms with Gasteiger partial charge in [-0.15, -0.1) is 0 Å². The van der Waals surface area contributed by atoms with Gasteiger partial charge in [-0.3, -0.25) is 14.6 Å². The monoisotopic (exact) mass is 560 g/mol. The van der Waals surface area contributed by atoms with Crippen LogP contribution in [0.1, 0.15) is 70.8 Å². The molecule has 4 bridgehead atoms. The molecule has 1 aromatic carbocycles. The second-order valence-electron chi connectivity index (χ2n) is 14.1. The minimum absolute atomic E-state index is 0.104. The van der Waals surface area contributed by atoms with Crippen molar-refractivity contribution in [2.45, 2.75) is 82.8 Å². The van der Waals surface area contributed by atoms with Crippen molar-refractivity contribution in [1.82, 2.24) is 10.2 Å². The molecule has 0 spiro atoms. The maximum absolute atomic E-state index is 15.8. The van der Waals surface area contributed by atoms with Crippen LogP contribution < -0.4 is 16.0 Å². The number of amides is 3. The first-order chi connectivity index (χ1) is 18.9. The van der Waals surface area contributed by atoms with Gasteiger partial charge in [-0.1, -0.05) is 19.9 Å². The highest BCUT2D eigenvalue weighted by Gasteiger charge is 2.61. The van der Waals surface area contributed by atoms with Crippen LogP contribution in [-0.2, 0) is 11.3 Å². The predicted octanol–water partition coefficient (Wildman–Crippen LogP) is 2.50. The van der Waals surface area contributed by atoms with Gasteiger partial charge in [-0.25, -0.2) is 9.18 Å². The van der Waals surface area contributed by atoms with Gasteiger partial charge >= 0.3 is 6.03 Å². The minimum atomic E-state index is -1.79. The number of carbonyl (C=O) groups excluding carboxylic acids is 2. The molecule has 1 saturated heterocycles. The summed E-state index contributed by atoms with van der Waals surface area (Å²) in [6.45, 7) is 4.19. The Hall–Kier alpha value is -2.27. The molecular weight excluding hydrogens is 515 g/mol. The molecule has 4 aliphatic carbocycles. The predicted molar refractivity (Wildman–Crippen MR) is 149 cm³/mol. The van der Waals surface area contributed by atoms with Gasteiger partial charge in [0.25, 0.3) is 0 Å². The fraction of sp³-hybridized carbons (Fsp3) is 0.733. The largest absolute Gasteiger partial charge is 0.394 e. The van der Waals surface area contributed by atoms with E-state index in [0.29, 0.717) is 44.0 Å². The van der Waals surface area contributed by atoms with Gasteiger partial charge < -0.3 is 26.4 Å². The zero-order chi connectivity index (χ0) is 28.9. The highest BCUT2D eigenvalue weighted by atomic mass is 19.1. The van der Waals surface area contributed by atoms with E-state index in [4.69, 9.17) is 5.73 Å². The number of aliphatic hydroxyl groups is 3. The maximum Gasteiger partial charge on any atom is 0.323 e. The average Bonchev–Trinajstić information content (AvgIpc) is 2.86. The van der Waals surface area contributed by atoms with Gasteiger partial charge in [0.1, 0.15) is 11.4 Å². The van der Waals surface area contributed by atoms with Gasteiger partial charge in [-0.2, -0.15) is 0 Å². The van der Waals surface area contributed by atoms with E-state index in [0.717, 1.165) is 43.4 Å². The van der Waals surface area contributed by atoms with E-state index in [1.54, 1.807) is 6.07 Å². The highest BCUT2D eigenvalue weighted by Crippen LogP contribution is 2.66. The fourth-order valence-electron chi connectivity index (χ4n) is 9.28. The highest BCUT2D eigenvalue weighted by molar-refractivity contribution is 5.94. The third-order valence-corrected chi connectivity index (χ3v) is 10.2. The number of urea groups is 1. The van der Waals surface area contributed by atoms with Crippen LogP contribution in [-0.4, -0.2) is 76.1 Å². The summed E-state index contributed by atoms with van der Waals surface area (Å²) < 4.78 is 15.8. The van der Waals surface area contributed by atoms with Crippen molar-refractivity contribution >= 4 is 17.6 Å². The molecule has 1 aliphatic heterocycles. The molecule has 0 radical (unpaired) electrons. The molecule has 1 aromatic rings. The lowest BCUT2D eigenvalue weighted by Gasteiger charge is -2.65. The standard InChI is InChI=1S/C30H45FN4O5/c1-27-10-21-11-28(2,14-27)16-29(12-21,15-27)33-26(40)35(30(17-36,18-37)19-38)24-4-3-20(9-23(24)31)13-34-7-5-22(6-8-34)25(32)39/h3-4,9,21-22,36-38H,5-8,10-19H2,1-2H3,(H2,32,39)(H,33,40)/t21?,27-,28-,29?/m1/s1. The van der Waals surface area contributed by atoms with Gasteiger partial charge in [0.2, 0.25) is 5.91 Å². The molecule has 3 amide bonds. The summed E-state index contributed by atoms with van der Waals surface area (Å²) in [6.07, 6.45) is 7.28. The summed E-state index contributed by atoms with van der Waals surface area (Å²) >= 11 is 0. The summed E-state index contributed by atoms with van der Waals surface area (Å²) in [5, 5.41) is 34.1. The number of aliphatic hydroxyl groups excluding tert-OH is 3. The molecule has 1 heterocycles. The van der Waals surface area contributed by atoms with Gasteiger partial charge in [0.05, 0.1) is 25.5 Å². The van der Waals surface area contributed by atoms with E-state index >= 15 is 4.39 Å². The van der Waals surface area contributed by atoms with Crippen LogP contribution in [0.25, 0.3) is 0 Å². The minimum Gasteiger partial charge on any atom is -0.394 e. The Morgan fingerprint density at radius 3 is 2.15 bits per heavy atom. The first kappa shape index (κ1) is 29.2. The number of piperidine rings is 1. The number of nitrogens with one attached hydrogen (secondary N) is 1. The Kier molecular flexibility index (Phi) is 7.70. The zero-order valence-corrected chi connectivity index (χ0v) is 23.8. The average molecular weight is 561 g/mol. The van der Waals surface area contributed by atoms with E-state index in [-0.39, 0.29) is 28.3 Å². The fourth-order valence-corrected chi connectivity index (χ4v) is 9.28. The van der Waals surface area contributed by atoms with Gasteiger partial charge in [0, 0.05) is 18.0 Å². The molecule has 5 aliphatic rings. The third-order valence-electron chi connectivity index (χ3n) is 10.2. The van der Waals surface area contributed by atoms with Crippen molar-refractivity contribution in [3.05, 3.63) is 29.6 Å². The van der Waals surface area contributed by atoms with Gasteiger partial charge in [-0.05, 0) is 98.9 Å². The van der Waals surface area contributed by atoms with Crippen molar-refractivity contribution in [1.29, 1.82) is 0 Å². The van der Waals surface area contributed by atoms with E-state index < -0.39 is 42.7 Å². The quantitative estimate of drug-likeness (QED) is 0.315. The Morgan fingerprint density at radius 2 is 1.65 bits per heavy atom. The Balaban J connectivity index is 1.39. The first-order valence-electron chi connectivity index (χ1n) is 14.6. The van der Waals surface area contributed by atoms with E-state index in [1.165, 1.54) is 12.1 Å². The number of anilines is 1. The van der Waals surface area contributed by atoms with Crippen LogP contribution in [0.2, 0.25) is 0 Å². The summed E-state index contributed by atoms with van der Waals surface area (Å²) in [6, 6.07) is 3.95. The molecule has 5 fully saturated rings. The first-order valence-corrected chi connectivity index (χ1v) is 14.6. The number of rotatable bonds is 9. The number of primary amides is 1. The molecule has 0 aromatic heterocycles. The summed E-state index contributed by atoms with van der Waals surface area (Å²) in [7, 11) is 0. The second-order valence-corrected chi connectivity index (χ2v) is 14.1. The number of hydrogen-bond donors (Lipinski definition) is 5. The SMILES string of the molecule is C[C@]12CC3CC(NC(=O)N(c4ccc(CN5CCC(C(N)=O)CC5)cc4F)C(CO)(CO)CO)(C1)C[C@](C)(C3)C2. The molecule has 2 atom stereocenters. The number of hydrogen-bond acceptors (Lipinski definition) is 6. The van der Waals surface area contributed by atoms with E-state index in [9.17, 15) is 24.9 Å². The smallest absolute Gasteiger partial charge is 0.323 e. The number of benzene rings is 1. The number of likely N-dealkylation sites (tertiary alicyclic amines) is 1. The van der Waals surface area contributed by atoms with Gasteiger partial charge in [0.15, 0.2) is 0 Å². The third kappa shape index (κ3) is 5.35. The second kappa shape index (κ2) is 10.5. The lowest BCUT2D eigenvalue weighted by atomic mass is 9.43. The van der Waals surface area contributed by atoms with Crippen molar-refractivity contribution in [3.8, 4) is 0 Å². The van der Waals surface area contributed by atoms with Crippen molar-refractivity contribution in [3.63, 3.8) is 0 Å². The number of nitrogens with two attached hydrogens (primary N) is 1. The van der Waals surface area contributed by atoms with Crippen LogP contribution in [0.5, 0.6) is 0 Å². The van der Waals surface area contributed by atoms with E-state index in [2.05, 4.69) is 24.1 Å². The molecule has 0 unspecified atom stereocenters. The lowest BCUT2D eigenvalue weighted by Crippen LogP contribution is -2.69. The molecule has 6 N–H and O–H groups in total. The van der Waals surface area contributed by atoms with Crippen LogP contribution >= 0.6 is 0 Å². The number of halogens is 1. The van der Waals surface area contributed by atoms with E-state index in [1.807, 2.05) is 0 Å². The molecular formula is C30H45FN4O5. The van der Waals surface area contributed by atoms with Crippen LogP contribution in [0.3, 0.4) is 0 Å². The van der Waals surface area contributed by atoms with Crippen molar-refractivity contribution < 1.29 is 29.3 Å². The van der Waals surface area contributed by atoms with Crippen molar-refractivity contribution in [2.75, 3.05) is 37.8 Å². The molecule has 4 saturated carbocycles. The number of nitrogens with zero attached hydrogens (tertiary/aromatic N) is 2. The molecule has 10 heteroatoms. The van der Waals surface area contributed by atoms with Crippen LogP contribution in [0.15, 0.2) is 18.2 Å². The maximum atomic E-state index is 15.8. The van der Waals surface area contributed by atoms with Crippen LogP contribution in [0.4, 0.5) is 14.9 Å². The topological polar surface area (TPSA) is 139 Å². The molecule has 6 rings (SSSR count). The lowest BCUT2D eigenvalue weighted by molar-refractivity contribution is -0.123. The molecule has 222 valence electrons. The Morgan fingerprint density at radius 1 is 1.05 bits per heavy atom. The summed E-state index contributed by atoms with van der Waals surface area (Å²) in [5.74, 6) is -0.582. The molecule has 40 heavy (non-hydrogen) atoms. The summed E-state index contributed by atoms with van der Waals surface area (Å²) in [5.41, 5.74) is 4.05. The Labute approximate surface area is 235 Å². The zero-order valence-electron chi connectivity index (χ0n) is 23.8. The summed E-state index contributed by atoms with van der Waals surface area (Å²) in [4.78, 5) is 28.7. The Bertz CT molecular complexity index is 1110. The molecule has 9 nitrogen and oxygen atoms in total. The van der Waals surface area contributed by atoms with Crippen molar-refractivity contribution in [2.24, 2.45) is 28.4 Å². The normalized spacial score (nSPS) is 32.3. The van der Waals surface area contributed by atoms with Crippen LogP contribution in [0, 0.1) is 28.5 Å².